The average Bonchev–Trinajstić information content (AvgIpc) is 3.06. The monoisotopic (exact) mass is 419 g/mol. The second kappa shape index (κ2) is 10.6. The summed E-state index contributed by atoms with van der Waals surface area (Å²) in [4.78, 5) is 37.1. The van der Waals surface area contributed by atoms with E-state index in [2.05, 4.69) is 12.2 Å². The van der Waals surface area contributed by atoms with Gasteiger partial charge >= 0.3 is 11.9 Å². The molecule has 7 nitrogen and oxygen atoms in total. The Morgan fingerprint density at radius 1 is 1.07 bits per heavy atom. The smallest absolute Gasteiger partial charge is 0.348 e. The minimum absolute atomic E-state index is 0.137. The number of anilines is 1. The molecular formula is C21H25NO6S. The van der Waals surface area contributed by atoms with E-state index in [4.69, 9.17) is 14.2 Å². The lowest BCUT2D eigenvalue weighted by atomic mass is 10.1. The fraction of sp³-hybridized carbons (Fsp3) is 0.381. The number of carbonyl (C=O) groups excluding carboxylic acids is 3. The zero-order valence-electron chi connectivity index (χ0n) is 17.0. The van der Waals surface area contributed by atoms with Gasteiger partial charge in [0.25, 0.3) is 5.91 Å². The highest BCUT2D eigenvalue weighted by Crippen LogP contribution is 2.34. The molecule has 0 radical (unpaired) electrons. The molecular weight excluding hydrogens is 394 g/mol. The van der Waals surface area contributed by atoms with E-state index in [0.717, 1.165) is 30.6 Å². The van der Waals surface area contributed by atoms with Crippen LogP contribution in [0, 0.1) is 6.92 Å². The van der Waals surface area contributed by atoms with Crippen LogP contribution < -0.4 is 10.1 Å². The summed E-state index contributed by atoms with van der Waals surface area (Å²) in [5.41, 5.74) is 0.912. The molecule has 0 unspecified atom stereocenters. The summed E-state index contributed by atoms with van der Waals surface area (Å²) in [5.74, 6) is -1.05. The summed E-state index contributed by atoms with van der Waals surface area (Å²) in [5, 5.41) is 2.93. The van der Waals surface area contributed by atoms with Crippen LogP contribution in [0.3, 0.4) is 0 Å². The van der Waals surface area contributed by atoms with Gasteiger partial charge in [-0.25, -0.2) is 9.59 Å². The lowest BCUT2D eigenvalue weighted by Gasteiger charge is -2.09. The summed E-state index contributed by atoms with van der Waals surface area (Å²) in [6.45, 7) is 4.30. The third-order valence-corrected chi connectivity index (χ3v) is 5.43. The zero-order valence-corrected chi connectivity index (χ0v) is 17.8. The number of rotatable bonds is 9. The van der Waals surface area contributed by atoms with Gasteiger partial charge in [0.05, 0.1) is 26.4 Å². The maximum Gasteiger partial charge on any atom is 0.348 e. The molecule has 1 N–H and O–H groups in total. The highest BCUT2D eigenvalue weighted by Gasteiger charge is 2.27. The van der Waals surface area contributed by atoms with Crippen molar-refractivity contribution in [2.45, 2.75) is 33.1 Å². The summed E-state index contributed by atoms with van der Waals surface area (Å²) in [6.07, 6.45) is 3.12. The number of benzene rings is 1. The summed E-state index contributed by atoms with van der Waals surface area (Å²) >= 11 is 0.970. The highest BCUT2D eigenvalue weighted by molar-refractivity contribution is 7.18. The van der Waals surface area contributed by atoms with Crippen molar-refractivity contribution in [1.29, 1.82) is 0 Å². The molecule has 1 aromatic carbocycles. The van der Waals surface area contributed by atoms with Crippen LogP contribution in [0.4, 0.5) is 5.00 Å². The number of amides is 1. The standard InChI is InChI=1S/C21H25NO6S/c1-5-6-7-11-28-15-10-8-9-14(12-15)18(23)22-19-16(20(24)26-3)13(2)17(29-19)21(25)27-4/h8-10,12H,5-7,11H2,1-4H3,(H,22,23). The van der Waals surface area contributed by atoms with E-state index >= 15 is 0 Å². The predicted octanol–water partition coefficient (Wildman–Crippen LogP) is 4.45. The first kappa shape index (κ1) is 22.4. The number of esters is 2. The largest absolute Gasteiger partial charge is 0.494 e. The van der Waals surface area contributed by atoms with Crippen LogP contribution in [0.15, 0.2) is 24.3 Å². The lowest BCUT2D eigenvalue weighted by molar-refractivity contribution is 0.0601. The molecule has 8 heteroatoms. The molecule has 0 saturated carbocycles. The molecule has 1 aromatic heterocycles. The van der Waals surface area contributed by atoms with Crippen LogP contribution in [0.2, 0.25) is 0 Å². The first-order valence-corrected chi connectivity index (χ1v) is 10.1. The molecule has 0 fully saturated rings. The normalized spacial score (nSPS) is 10.3. The van der Waals surface area contributed by atoms with Gasteiger partial charge in [-0.2, -0.15) is 0 Å². The maximum atomic E-state index is 12.7. The third kappa shape index (κ3) is 5.57. The van der Waals surface area contributed by atoms with Crippen LogP contribution in [0.25, 0.3) is 0 Å². The Hall–Kier alpha value is -2.87. The number of ether oxygens (including phenoxy) is 3. The summed E-state index contributed by atoms with van der Waals surface area (Å²) in [7, 11) is 2.49. The fourth-order valence-electron chi connectivity index (χ4n) is 2.68. The second-order valence-electron chi connectivity index (χ2n) is 6.28. The zero-order chi connectivity index (χ0) is 21.4. The van der Waals surface area contributed by atoms with E-state index in [0.29, 0.717) is 23.5 Å². The topological polar surface area (TPSA) is 90.9 Å². The van der Waals surface area contributed by atoms with Crippen molar-refractivity contribution < 1.29 is 28.6 Å². The molecule has 0 atom stereocenters. The van der Waals surface area contributed by atoms with Crippen molar-refractivity contribution in [2.75, 3.05) is 26.1 Å². The Morgan fingerprint density at radius 3 is 2.45 bits per heavy atom. The van der Waals surface area contributed by atoms with Crippen molar-refractivity contribution in [3.05, 3.63) is 45.8 Å². The average molecular weight is 419 g/mol. The van der Waals surface area contributed by atoms with Gasteiger partial charge in [-0.1, -0.05) is 25.8 Å². The van der Waals surface area contributed by atoms with E-state index in [-0.39, 0.29) is 15.4 Å². The van der Waals surface area contributed by atoms with Gasteiger partial charge in [-0.3, -0.25) is 4.79 Å². The van der Waals surface area contributed by atoms with Gasteiger partial charge in [0.15, 0.2) is 0 Å². The van der Waals surface area contributed by atoms with Crippen LogP contribution in [-0.4, -0.2) is 38.7 Å². The quantitative estimate of drug-likeness (QED) is 0.477. The number of methoxy groups -OCH3 is 2. The number of hydrogen-bond donors (Lipinski definition) is 1. The summed E-state index contributed by atoms with van der Waals surface area (Å²) < 4.78 is 15.2. The Morgan fingerprint density at radius 2 is 1.79 bits per heavy atom. The van der Waals surface area contributed by atoms with Gasteiger partial charge in [0.2, 0.25) is 0 Å². The molecule has 0 aliphatic rings. The molecule has 1 amide bonds. The van der Waals surface area contributed by atoms with Gasteiger partial charge in [0, 0.05) is 5.56 Å². The van der Waals surface area contributed by atoms with E-state index in [1.165, 1.54) is 14.2 Å². The Bertz CT molecular complexity index is 889. The van der Waals surface area contributed by atoms with E-state index in [9.17, 15) is 14.4 Å². The molecule has 0 bridgehead atoms. The summed E-state index contributed by atoms with van der Waals surface area (Å²) in [6, 6.07) is 6.80. The van der Waals surface area contributed by atoms with Gasteiger partial charge in [-0.05, 0) is 37.1 Å². The lowest BCUT2D eigenvalue weighted by Crippen LogP contribution is -2.14. The molecule has 2 rings (SSSR count). The molecule has 0 aliphatic heterocycles. The molecule has 0 aliphatic carbocycles. The molecule has 1 heterocycles. The van der Waals surface area contributed by atoms with Crippen LogP contribution in [0.5, 0.6) is 5.75 Å². The highest BCUT2D eigenvalue weighted by atomic mass is 32.1. The third-order valence-electron chi connectivity index (χ3n) is 4.25. The van der Waals surface area contributed by atoms with E-state index < -0.39 is 17.8 Å². The van der Waals surface area contributed by atoms with Gasteiger partial charge in [-0.15, -0.1) is 11.3 Å². The van der Waals surface area contributed by atoms with Crippen molar-refractivity contribution in [1.82, 2.24) is 0 Å². The number of carbonyl (C=O) groups is 3. The fourth-order valence-corrected chi connectivity index (χ4v) is 3.79. The van der Waals surface area contributed by atoms with Crippen LogP contribution in [-0.2, 0) is 9.47 Å². The first-order valence-electron chi connectivity index (χ1n) is 9.27. The Kier molecular flexibility index (Phi) is 8.21. The van der Waals surface area contributed by atoms with E-state index in [1.807, 2.05) is 0 Å². The number of unbranched alkanes of at least 4 members (excludes halogenated alkanes) is 2. The van der Waals surface area contributed by atoms with Gasteiger partial charge in [0.1, 0.15) is 15.6 Å². The second-order valence-corrected chi connectivity index (χ2v) is 7.30. The van der Waals surface area contributed by atoms with Crippen molar-refractivity contribution >= 4 is 34.2 Å². The van der Waals surface area contributed by atoms with Crippen LogP contribution >= 0.6 is 11.3 Å². The Balaban J connectivity index is 2.24. The minimum atomic E-state index is -0.641. The maximum absolute atomic E-state index is 12.7. The number of thiophene rings is 1. The van der Waals surface area contributed by atoms with Crippen molar-refractivity contribution in [2.24, 2.45) is 0 Å². The molecule has 0 spiro atoms. The SMILES string of the molecule is CCCCCOc1cccc(C(=O)Nc2sc(C(=O)OC)c(C)c2C(=O)OC)c1. The first-order chi connectivity index (χ1) is 13.9. The molecule has 29 heavy (non-hydrogen) atoms. The van der Waals surface area contributed by atoms with Crippen molar-refractivity contribution in [3.63, 3.8) is 0 Å². The number of hydrogen-bond acceptors (Lipinski definition) is 7. The minimum Gasteiger partial charge on any atom is -0.494 e. The van der Waals surface area contributed by atoms with Gasteiger partial charge < -0.3 is 19.5 Å². The molecule has 0 saturated heterocycles. The van der Waals surface area contributed by atoms with Crippen LogP contribution in [0.1, 0.15) is 62.1 Å². The molecule has 2 aromatic rings. The Labute approximate surface area is 174 Å². The van der Waals surface area contributed by atoms with Crippen molar-refractivity contribution in [3.8, 4) is 5.75 Å². The molecule has 156 valence electrons. The van der Waals surface area contributed by atoms with E-state index in [1.54, 1.807) is 31.2 Å². The predicted molar refractivity (Wildman–Crippen MR) is 111 cm³/mol. The number of nitrogens with one attached hydrogen (secondary N) is 1.